The summed E-state index contributed by atoms with van der Waals surface area (Å²) in [7, 11) is 1.67. The van der Waals surface area contributed by atoms with Crippen molar-refractivity contribution in [3.8, 4) is 5.75 Å². The summed E-state index contributed by atoms with van der Waals surface area (Å²) in [5.41, 5.74) is 8.49. The smallest absolute Gasteiger partial charge is 0.122 e. The molecule has 0 amide bonds. The van der Waals surface area contributed by atoms with Crippen molar-refractivity contribution < 1.29 is 4.74 Å². The highest BCUT2D eigenvalue weighted by Crippen LogP contribution is 2.29. The maximum Gasteiger partial charge on any atom is 0.122 e. The van der Waals surface area contributed by atoms with Crippen LogP contribution < -0.4 is 10.5 Å². The molecule has 20 heavy (non-hydrogen) atoms. The molecular weight excluding hydrogens is 450 g/mol. The van der Waals surface area contributed by atoms with Crippen molar-refractivity contribution in [3.05, 3.63) is 60.9 Å². The number of hydrogen-bond donors (Lipinski definition) is 1. The molecule has 2 N–H and O–H groups in total. The van der Waals surface area contributed by atoms with Gasteiger partial charge in [-0.05, 0) is 53.9 Å². The molecule has 106 valence electrons. The molecule has 0 aliphatic carbocycles. The maximum atomic E-state index is 6.33. The lowest BCUT2D eigenvalue weighted by atomic mass is 9.99. The highest BCUT2D eigenvalue weighted by Gasteiger charge is 2.12. The van der Waals surface area contributed by atoms with Crippen LogP contribution in [0.2, 0.25) is 0 Å². The van der Waals surface area contributed by atoms with E-state index in [4.69, 9.17) is 10.5 Å². The third kappa shape index (κ3) is 4.07. The molecule has 2 nitrogen and oxygen atoms in total. The predicted molar refractivity (Wildman–Crippen MR) is 93.2 cm³/mol. The van der Waals surface area contributed by atoms with Crippen LogP contribution in [-0.4, -0.2) is 7.11 Å². The second kappa shape index (κ2) is 7.07. The molecule has 0 spiro atoms. The van der Waals surface area contributed by atoms with Crippen molar-refractivity contribution in [3.63, 3.8) is 0 Å². The van der Waals surface area contributed by atoms with Crippen molar-refractivity contribution in [2.75, 3.05) is 7.11 Å². The van der Waals surface area contributed by atoms with Gasteiger partial charge in [0.2, 0.25) is 0 Å². The Morgan fingerprint density at radius 1 is 1.00 bits per heavy atom. The van der Waals surface area contributed by atoms with Crippen LogP contribution in [0.15, 0.2) is 49.8 Å². The molecule has 0 aromatic heterocycles. The van der Waals surface area contributed by atoms with Gasteiger partial charge >= 0.3 is 0 Å². The van der Waals surface area contributed by atoms with E-state index in [0.717, 1.165) is 30.3 Å². The van der Waals surface area contributed by atoms with Crippen LogP contribution in [0.1, 0.15) is 17.2 Å². The first kappa shape index (κ1) is 16.0. The standard InChI is InChI=1S/C15H14Br3NO/c1-20-15-3-2-11(16)6-10(15)7-14(19)9-4-12(17)8-13(18)5-9/h2-6,8,14H,7,19H2,1H3. The predicted octanol–water partition coefficient (Wildman–Crippen LogP) is 5.23. The monoisotopic (exact) mass is 461 g/mol. The summed E-state index contributed by atoms with van der Waals surface area (Å²) < 4.78 is 8.44. The number of hydrogen-bond acceptors (Lipinski definition) is 2. The fourth-order valence-electron chi connectivity index (χ4n) is 2.05. The van der Waals surface area contributed by atoms with E-state index in [9.17, 15) is 0 Å². The lowest BCUT2D eigenvalue weighted by Crippen LogP contribution is -2.14. The minimum Gasteiger partial charge on any atom is -0.496 e. The second-order valence-electron chi connectivity index (χ2n) is 4.47. The SMILES string of the molecule is COc1ccc(Br)cc1CC(N)c1cc(Br)cc(Br)c1. The van der Waals surface area contributed by atoms with Crippen LogP contribution in [0.3, 0.4) is 0 Å². The Morgan fingerprint density at radius 3 is 2.25 bits per heavy atom. The van der Waals surface area contributed by atoms with E-state index in [2.05, 4.69) is 47.8 Å². The Hall–Kier alpha value is -0.360. The van der Waals surface area contributed by atoms with Gasteiger partial charge in [-0.25, -0.2) is 0 Å². The van der Waals surface area contributed by atoms with Crippen molar-refractivity contribution in [1.82, 2.24) is 0 Å². The molecule has 0 radical (unpaired) electrons. The van der Waals surface area contributed by atoms with E-state index in [1.165, 1.54) is 0 Å². The van der Waals surface area contributed by atoms with Gasteiger partial charge < -0.3 is 10.5 Å². The number of methoxy groups -OCH3 is 1. The quantitative estimate of drug-likeness (QED) is 0.674. The van der Waals surface area contributed by atoms with E-state index in [1.54, 1.807) is 7.11 Å². The van der Waals surface area contributed by atoms with Crippen molar-refractivity contribution in [2.45, 2.75) is 12.5 Å². The first-order valence-corrected chi connectivity index (χ1v) is 8.41. The summed E-state index contributed by atoms with van der Waals surface area (Å²) in [6.07, 6.45) is 0.714. The van der Waals surface area contributed by atoms with Gasteiger partial charge in [0.1, 0.15) is 5.75 Å². The Balaban J connectivity index is 2.27. The third-order valence-electron chi connectivity index (χ3n) is 3.00. The number of halogens is 3. The molecule has 0 aliphatic rings. The number of ether oxygens (including phenoxy) is 1. The zero-order valence-electron chi connectivity index (χ0n) is 10.9. The molecule has 2 aromatic carbocycles. The van der Waals surface area contributed by atoms with Gasteiger partial charge in [0.25, 0.3) is 0 Å². The van der Waals surface area contributed by atoms with E-state index in [0.29, 0.717) is 6.42 Å². The summed E-state index contributed by atoms with van der Waals surface area (Å²) in [5.74, 6) is 0.859. The van der Waals surface area contributed by atoms with E-state index in [-0.39, 0.29) is 6.04 Å². The van der Waals surface area contributed by atoms with Crippen LogP contribution in [0.5, 0.6) is 5.75 Å². The largest absolute Gasteiger partial charge is 0.496 e. The van der Waals surface area contributed by atoms with E-state index >= 15 is 0 Å². The molecule has 0 heterocycles. The van der Waals surface area contributed by atoms with Crippen molar-refractivity contribution in [1.29, 1.82) is 0 Å². The Kier molecular flexibility index (Phi) is 5.66. The molecule has 0 aliphatic heterocycles. The lowest BCUT2D eigenvalue weighted by Gasteiger charge is -2.16. The first-order chi connectivity index (χ1) is 9.49. The highest BCUT2D eigenvalue weighted by atomic mass is 79.9. The van der Waals surface area contributed by atoms with Gasteiger partial charge in [0.15, 0.2) is 0 Å². The molecule has 0 saturated heterocycles. The third-order valence-corrected chi connectivity index (χ3v) is 4.40. The van der Waals surface area contributed by atoms with Crippen molar-refractivity contribution >= 4 is 47.8 Å². The normalized spacial score (nSPS) is 12.2. The number of nitrogens with two attached hydrogens (primary N) is 1. The average Bonchev–Trinajstić information content (AvgIpc) is 2.37. The van der Waals surface area contributed by atoms with Gasteiger partial charge in [-0.15, -0.1) is 0 Å². The fourth-order valence-corrected chi connectivity index (χ4v) is 3.79. The minimum absolute atomic E-state index is 0.0907. The molecule has 1 unspecified atom stereocenters. The molecule has 0 saturated carbocycles. The average molecular weight is 464 g/mol. The first-order valence-electron chi connectivity index (χ1n) is 6.03. The molecule has 0 bridgehead atoms. The summed E-state index contributed by atoms with van der Waals surface area (Å²) in [6.45, 7) is 0. The van der Waals surface area contributed by atoms with E-state index in [1.807, 2.05) is 36.4 Å². The van der Waals surface area contributed by atoms with Gasteiger partial charge in [-0.3, -0.25) is 0 Å². The maximum absolute atomic E-state index is 6.33. The summed E-state index contributed by atoms with van der Waals surface area (Å²) in [6, 6.07) is 11.9. The molecule has 5 heteroatoms. The van der Waals surface area contributed by atoms with Crippen molar-refractivity contribution in [2.24, 2.45) is 5.73 Å². The van der Waals surface area contributed by atoms with Crippen LogP contribution in [-0.2, 0) is 6.42 Å². The molecular formula is C15H14Br3NO. The number of rotatable bonds is 4. The van der Waals surface area contributed by atoms with Crippen LogP contribution >= 0.6 is 47.8 Å². The molecule has 1 atom stereocenters. The summed E-state index contributed by atoms with van der Waals surface area (Å²) in [4.78, 5) is 0. The van der Waals surface area contributed by atoms with Gasteiger partial charge in [0.05, 0.1) is 7.11 Å². The Morgan fingerprint density at radius 2 is 1.65 bits per heavy atom. The van der Waals surface area contributed by atoms with Crippen LogP contribution in [0.4, 0.5) is 0 Å². The summed E-state index contributed by atoms with van der Waals surface area (Å²) in [5, 5.41) is 0. The molecule has 0 fully saturated rings. The second-order valence-corrected chi connectivity index (χ2v) is 7.22. The molecule has 2 aromatic rings. The lowest BCUT2D eigenvalue weighted by molar-refractivity contribution is 0.408. The number of benzene rings is 2. The Labute approximate surface area is 144 Å². The molecule has 2 rings (SSSR count). The van der Waals surface area contributed by atoms with Gasteiger partial charge in [0, 0.05) is 19.5 Å². The van der Waals surface area contributed by atoms with Gasteiger partial charge in [-0.1, -0.05) is 47.8 Å². The van der Waals surface area contributed by atoms with Crippen LogP contribution in [0, 0.1) is 0 Å². The Bertz CT molecular complexity index is 596. The topological polar surface area (TPSA) is 35.2 Å². The highest BCUT2D eigenvalue weighted by molar-refractivity contribution is 9.11. The zero-order valence-corrected chi connectivity index (χ0v) is 15.6. The van der Waals surface area contributed by atoms with E-state index < -0.39 is 0 Å². The summed E-state index contributed by atoms with van der Waals surface area (Å²) >= 11 is 10.5. The zero-order chi connectivity index (χ0) is 14.7. The minimum atomic E-state index is -0.0907. The fraction of sp³-hybridized carbons (Fsp3) is 0.200. The van der Waals surface area contributed by atoms with Gasteiger partial charge in [-0.2, -0.15) is 0 Å². The van der Waals surface area contributed by atoms with Crippen LogP contribution in [0.25, 0.3) is 0 Å².